The molecule has 1 aliphatic rings. The molecule has 5 heteroatoms. The second-order valence-electron chi connectivity index (χ2n) is 5.72. The minimum Gasteiger partial charge on any atom is -0.351 e. The van der Waals surface area contributed by atoms with Gasteiger partial charge in [0.2, 0.25) is 5.91 Å². The van der Waals surface area contributed by atoms with Crippen molar-refractivity contribution < 1.29 is 9.59 Å². The lowest BCUT2D eigenvalue weighted by Crippen LogP contribution is -2.54. The Kier molecular flexibility index (Phi) is 4.16. The maximum absolute atomic E-state index is 12.2. The fraction of sp³-hybridized carbons (Fsp3) is 0.571. The van der Waals surface area contributed by atoms with Gasteiger partial charge < -0.3 is 5.32 Å². The molecule has 1 amide bonds. The van der Waals surface area contributed by atoms with Crippen molar-refractivity contribution >= 4 is 39.0 Å². The van der Waals surface area contributed by atoms with E-state index in [1.165, 1.54) is 0 Å². The molecule has 104 valence electrons. The summed E-state index contributed by atoms with van der Waals surface area (Å²) in [4.78, 5) is 24.7. The predicted molar refractivity (Wildman–Crippen MR) is 79.9 cm³/mol. The SMILES string of the molecule is CC(=O)[C@@H]1C[C@H](C(=O)NCc2cc(Br)cs2)C1(C)C. The van der Waals surface area contributed by atoms with Gasteiger partial charge in [-0.25, -0.2) is 0 Å². The predicted octanol–water partition coefficient (Wildman–Crippen LogP) is 3.38. The molecule has 1 aromatic rings. The van der Waals surface area contributed by atoms with Gasteiger partial charge in [0.15, 0.2) is 0 Å². The number of carbonyl (C=O) groups excluding carboxylic acids is 2. The fourth-order valence-electron chi connectivity index (χ4n) is 2.80. The van der Waals surface area contributed by atoms with Crippen LogP contribution in [-0.4, -0.2) is 11.7 Å². The summed E-state index contributed by atoms with van der Waals surface area (Å²) in [6.45, 7) is 6.19. The van der Waals surface area contributed by atoms with Crippen LogP contribution in [0.1, 0.15) is 32.1 Å². The molecule has 0 radical (unpaired) electrons. The monoisotopic (exact) mass is 343 g/mol. The first kappa shape index (κ1) is 14.7. The Morgan fingerprint density at radius 3 is 2.63 bits per heavy atom. The first-order valence-corrected chi connectivity index (χ1v) is 8.00. The van der Waals surface area contributed by atoms with E-state index in [9.17, 15) is 9.59 Å². The topological polar surface area (TPSA) is 46.2 Å². The van der Waals surface area contributed by atoms with E-state index in [1.54, 1.807) is 18.3 Å². The van der Waals surface area contributed by atoms with Crippen LogP contribution >= 0.6 is 27.3 Å². The Bertz CT molecular complexity index is 509. The van der Waals surface area contributed by atoms with E-state index < -0.39 is 0 Å². The summed E-state index contributed by atoms with van der Waals surface area (Å²) in [6, 6.07) is 2.01. The number of nitrogens with one attached hydrogen (secondary N) is 1. The number of Topliss-reactive ketones (excluding diaryl/α,β-unsaturated/α-hetero) is 1. The smallest absolute Gasteiger partial charge is 0.223 e. The molecule has 1 aromatic heterocycles. The Balaban J connectivity index is 1.90. The summed E-state index contributed by atoms with van der Waals surface area (Å²) in [7, 11) is 0. The van der Waals surface area contributed by atoms with Gasteiger partial charge in [-0.2, -0.15) is 0 Å². The fourth-order valence-corrected chi connectivity index (χ4v) is 4.19. The standard InChI is InChI=1S/C14H18BrNO2S/c1-8(17)11-5-12(14(11,2)3)13(18)16-6-10-4-9(15)7-19-10/h4,7,11-12H,5-6H2,1-3H3,(H,16,18)/t11-,12+/m0/s1. The molecule has 0 aromatic carbocycles. The van der Waals surface area contributed by atoms with Gasteiger partial charge in [-0.1, -0.05) is 13.8 Å². The Labute approximate surface area is 125 Å². The summed E-state index contributed by atoms with van der Waals surface area (Å²) in [5.74, 6) is 0.229. The zero-order chi connectivity index (χ0) is 14.2. The van der Waals surface area contributed by atoms with Crippen LogP contribution in [0.25, 0.3) is 0 Å². The van der Waals surface area contributed by atoms with Gasteiger partial charge in [-0.05, 0) is 40.8 Å². The maximum Gasteiger partial charge on any atom is 0.223 e. The van der Waals surface area contributed by atoms with E-state index in [1.807, 2.05) is 25.3 Å². The Morgan fingerprint density at radius 2 is 2.16 bits per heavy atom. The van der Waals surface area contributed by atoms with Gasteiger partial charge >= 0.3 is 0 Å². The molecule has 0 spiro atoms. The van der Waals surface area contributed by atoms with E-state index in [4.69, 9.17) is 0 Å². The molecule has 0 bridgehead atoms. The number of ketones is 1. The highest BCUT2D eigenvalue weighted by molar-refractivity contribution is 9.10. The van der Waals surface area contributed by atoms with Crippen molar-refractivity contribution in [3.63, 3.8) is 0 Å². The van der Waals surface area contributed by atoms with Crippen molar-refractivity contribution in [2.24, 2.45) is 17.3 Å². The summed E-state index contributed by atoms with van der Waals surface area (Å²) >= 11 is 5.01. The Hall–Kier alpha value is -0.680. The summed E-state index contributed by atoms with van der Waals surface area (Å²) in [5, 5.41) is 4.97. The number of thiophene rings is 1. The molecule has 2 atom stereocenters. The molecule has 1 aliphatic carbocycles. The highest BCUT2D eigenvalue weighted by Crippen LogP contribution is 2.51. The van der Waals surface area contributed by atoms with E-state index >= 15 is 0 Å². The van der Waals surface area contributed by atoms with Gasteiger partial charge in [0, 0.05) is 26.6 Å². The quantitative estimate of drug-likeness (QED) is 0.910. The molecular weight excluding hydrogens is 326 g/mol. The van der Waals surface area contributed by atoms with E-state index in [0.29, 0.717) is 13.0 Å². The summed E-state index contributed by atoms with van der Waals surface area (Å²) in [5.41, 5.74) is -0.216. The van der Waals surface area contributed by atoms with Crippen molar-refractivity contribution in [2.75, 3.05) is 0 Å². The minimum atomic E-state index is -0.216. The van der Waals surface area contributed by atoms with Crippen molar-refractivity contribution in [2.45, 2.75) is 33.7 Å². The van der Waals surface area contributed by atoms with Crippen LogP contribution in [-0.2, 0) is 16.1 Å². The van der Waals surface area contributed by atoms with Crippen LogP contribution in [0.2, 0.25) is 0 Å². The molecular formula is C14H18BrNO2S. The number of rotatable bonds is 4. The van der Waals surface area contributed by atoms with Crippen molar-refractivity contribution in [1.29, 1.82) is 0 Å². The minimum absolute atomic E-state index is 0.0270. The van der Waals surface area contributed by atoms with Crippen LogP contribution in [0, 0.1) is 17.3 Å². The first-order valence-electron chi connectivity index (χ1n) is 6.33. The molecule has 1 fully saturated rings. The van der Waals surface area contributed by atoms with Gasteiger partial charge in [-0.3, -0.25) is 9.59 Å². The third kappa shape index (κ3) is 2.92. The average Bonchev–Trinajstić information content (AvgIpc) is 2.70. The normalized spacial score (nSPS) is 24.6. The molecule has 1 heterocycles. The molecule has 0 unspecified atom stereocenters. The van der Waals surface area contributed by atoms with Gasteiger partial charge in [0.05, 0.1) is 6.54 Å². The van der Waals surface area contributed by atoms with Crippen LogP contribution < -0.4 is 5.32 Å². The number of carbonyl (C=O) groups is 2. The Morgan fingerprint density at radius 1 is 1.47 bits per heavy atom. The average molecular weight is 344 g/mol. The maximum atomic E-state index is 12.2. The van der Waals surface area contributed by atoms with Crippen LogP contribution in [0.15, 0.2) is 15.9 Å². The number of hydrogen-bond donors (Lipinski definition) is 1. The van der Waals surface area contributed by atoms with Crippen molar-refractivity contribution in [3.8, 4) is 0 Å². The van der Waals surface area contributed by atoms with E-state index in [-0.39, 0.29) is 28.9 Å². The highest BCUT2D eigenvalue weighted by atomic mass is 79.9. The molecule has 1 N–H and O–H groups in total. The van der Waals surface area contributed by atoms with E-state index in [0.717, 1.165) is 9.35 Å². The lowest BCUT2D eigenvalue weighted by atomic mass is 9.53. The van der Waals surface area contributed by atoms with Crippen molar-refractivity contribution in [3.05, 3.63) is 20.8 Å². The van der Waals surface area contributed by atoms with Gasteiger partial charge in [0.25, 0.3) is 0 Å². The van der Waals surface area contributed by atoms with Gasteiger partial charge in [-0.15, -0.1) is 11.3 Å². The summed E-state index contributed by atoms with van der Waals surface area (Å²) < 4.78 is 1.04. The van der Waals surface area contributed by atoms with Crippen LogP contribution in [0.4, 0.5) is 0 Å². The second kappa shape index (κ2) is 5.37. The third-order valence-corrected chi connectivity index (χ3v) is 5.83. The highest BCUT2D eigenvalue weighted by Gasteiger charge is 2.53. The van der Waals surface area contributed by atoms with Crippen molar-refractivity contribution in [1.82, 2.24) is 5.32 Å². The number of halogens is 1. The third-order valence-electron chi connectivity index (χ3n) is 4.13. The second-order valence-corrected chi connectivity index (χ2v) is 7.63. The molecule has 3 nitrogen and oxygen atoms in total. The first-order chi connectivity index (χ1) is 8.82. The van der Waals surface area contributed by atoms with E-state index in [2.05, 4.69) is 21.2 Å². The zero-order valence-corrected chi connectivity index (χ0v) is 13.7. The van der Waals surface area contributed by atoms with Crippen LogP contribution in [0.3, 0.4) is 0 Å². The lowest BCUT2D eigenvalue weighted by molar-refractivity contribution is -0.148. The number of hydrogen-bond acceptors (Lipinski definition) is 3. The van der Waals surface area contributed by atoms with Gasteiger partial charge in [0.1, 0.15) is 5.78 Å². The molecule has 0 aliphatic heterocycles. The lowest BCUT2D eigenvalue weighted by Gasteiger charge is -2.49. The number of amides is 1. The molecule has 19 heavy (non-hydrogen) atoms. The largest absolute Gasteiger partial charge is 0.351 e. The summed E-state index contributed by atoms with van der Waals surface area (Å²) in [6.07, 6.45) is 0.683. The molecule has 2 rings (SSSR count). The zero-order valence-electron chi connectivity index (χ0n) is 11.3. The molecule has 1 saturated carbocycles. The van der Waals surface area contributed by atoms with Crippen LogP contribution in [0.5, 0.6) is 0 Å². The molecule has 0 saturated heterocycles.